The van der Waals surface area contributed by atoms with Crippen LogP contribution in [0.25, 0.3) is 11.0 Å². The van der Waals surface area contributed by atoms with Crippen LogP contribution >= 0.6 is 0 Å². The van der Waals surface area contributed by atoms with E-state index in [2.05, 4.69) is 11.9 Å². The Balaban J connectivity index is 2.60. The van der Waals surface area contributed by atoms with Crippen LogP contribution in [0.15, 0.2) is 46.1 Å². The molecule has 5 heteroatoms. The van der Waals surface area contributed by atoms with Gasteiger partial charge in [-0.25, -0.2) is 4.79 Å². The molecule has 0 aliphatic carbocycles. The summed E-state index contributed by atoms with van der Waals surface area (Å²) in [6, 6.07) is 6.45. The maximum absolute atomic E-state index is 11.7. The Kier molecular flexibility index (Phi) is 3.14. The molecule has 92 valence electrons. The summed E-state index contributed by atoms with van der Waals surface area (Å²) in [4.78, 5) is 23.4. The van der Waals surface area contributed by atoms with E-state index in [0.29, 0.717) is 5.39 Å². The van der Waals surface area contributed by atoms with E-state index < -0.39 is 17.1 Å². The second-order valence-corrected chi connectivity index (χ2v) is 3.61. The lowest BCUT2D eigenvalue weighted by atomic mass is 10.1. The number of nitrogens with one attached hydrogen (secondary N) is 1. The molecule has 1 aromatic carbocycles. The first kappa shape index (κ1) is 11.9. The van der Waals surface area contributed by atoms with E-state index in [4.69, 9.17) is 4.42 Å². The molecule has 2 aromatic rings. The molecule has 0 atom stereocenters. The molecule has 0 aliphatic rings. The highest BCUT2D eigenvalue weighted by molar-refractivity contribution is 6.01. The molecule has 2 rings (SSSR count). The number of para-hydroxylation sites is 1. The molecule has 2 N–H and O–H groups in total. The summed E-state index contributed by atoms with van der Waals surface area (Å²) < 4.78 is 4.97. The summed E-state index contributed by atoms with van der Waals surface area (Å²) in [5.41, 5.74) is -1.02. The lowest BCUT2D eigenvalue weighted by Gasteiger charge is -2.05. The summed E-state index contributed by atoms with van der Waals surface area (Å²) in [6.45, 7) is 3.64. The molecule has 18 heavy (non-hydrogen) atoms. The van der Waals surface area contributed by atoms with Crippen molar-refractivity contribution in [3.63, 3.8) is 0 Å². The van der Waals surface area contributed by atoms with Gasteiger partial charge in [0.2, 0.25) is 0 Å². The SMILES string of the molecule is C=CCNC(=O)c1c(O)c2ccccc2oc1=O. The van der Waals surface area contributed by atoms with Crippen molar-refractivity contribution in [2.45, 2.75) is 0 Å². The normalized spacial score (nSPS) is 10.2. The van der Waals surface area contributed by atoms with Crippen LogP contribution in [0.2, 0.25) is 0 Å². The van der Waals surface area contributed by atoms with Crippen molar-refractivity contribution in [3.05, 3.63) is 52.9 Å². The van der Waals surface area contributed by atoms with E-state index >= 15 is 0 Å². The number of benzene rings is 1. The van der Waals surface area contributed by atoms with Crippen LogP contribution in [-0.2, 0) is 0 Å². The molecular weight excluding hydrogens is 234 g/mol. The number of aromatic hydroxyl groups is 1. The third-order valence-corrected chi connectivity index (χ3v) is 2.42. The Hall–Kier alpha value is -2.56. The Bertz CT molecular complexity index is 672. The number of fused-ring (bicyclic) bond motifs is 1. The second kappa shape index (κ2) is 4.75. The highest BCUT2D eigenvalue weighted by Crippen LogP contribution is 2.25. The maximum Gasteiger partial charge on any atom is 0.353 e. The number of carbonyl (C=O) groups excluding carboxylic acids is 1. The fraction of sp³-hybridized carbons (Fsp3) is 0.0769. The van der Waals surface area contributed by atoms with Crippen LogP contribution in [0.5, 0.6) is 5.75 Å². The summed E-state index contributed by atoms with van der Waals surface area (Å²) in [6.07, 6.45) is 1.47. The van der Waals surface area contributed by atoms with Gasteiger partial charge in [0, 0.05) is 6.54 Å². The Morgan fingerprint density at radius 2 is 2.17 bits per heavy atom. The maximum atomic E-state index is 11.7. The molecule has 0 spiro atoms. The standard InChI is InChI=1S/C13H11NO4/c1-2-7-14-12(16)10-11(15)8-5-3-4-6-9(8)18-13(10)17/h2-6,15H,1,7H2,(H,14,16). The first-order chi connectivity index (χ1) is 8.65. The van der Waals surface area contributed by atoms with Crippen molar-refractivity contribution in [3.8, 4) is 5.75 Å². The minimum Gasteiger partial charge on any atom is -0.506 e. The van der Waals surface area contributed by atoms with Gasteiger partial charge in [0.05, 0.1) is 5.39 Å². The zero-order valence-electron chi connectivity index (χ0n) is 9.47. The molecule has 1 heterocycles. The average molecular weight is 245 g/mol. The van der Waals surface area contributed by atoms with E-state index in [1.807, 2.05) is 0 Å². The minimum atomic E-state index is -0.868. The van der Waals surface area contributed by atoms with E-state index in [0.717, 1.165) is 0 Å². The average Bonchev–Trinajstić information content (AvgIpc) is 2.36. The molecule has 0 saturated carbocycles. The molecule has 1 aromatic heterocycles. The molecule has 0 aliphatic heterocycles. The van der Waals surface area contributed by atoms with Gasteiger partial charge in [0.15, 0.2) is 5.56 Å². The number of hydrogen-bond donors (Lipinski definition) is 2. The Morgan fingerprint density at radius 3 is 2.89 bits per heavy atom. The van der Waals surface area contributed by atoms with Gasteiger partial charge in [0.1, 0.15) is 11.3 Å². The van der Waals surface area contributed by atoms with Crippen molar-refractivity contribution in [2.24, 2.45) is 0 Å². The third kappa shape index (κ3) is 1.98. The van der Waals surface area contributed by atoms with Crippen molar-refractivity contribution >= 4 is 16.9 Å². The van der Waals surface area contributed by atoms with Gasteiger partial charge in [-0.1, -0.05) is 18.2 Å². The third-order valence-electron chi connectivity index (χ3n) is 2.42. The van der Waals surface area contributed by atoms with E-state index in [-0.39, 0.29) is 17.9 Å². The summed E-state index contributed by atoms with van der Waals surface area (Å²) in [5, 5.41) is 12.7. The predicted molar refractivity (Wildman–Crippen MR) is 66.7 cm³/mol. The van der Waals surface area contributed by atoms with Crippen LogP contribution in [0.1, 0.15) is 10.4 Å². The zero-order chi connectivity index (χ0) is 13.1. The molecule has 0 saturated heterocycles. The topological polar surface area (TPSA) is 79.5 Å². The molecule has 0 radical (unpaired) electrons. The van der Waals surface area contributed by atoms with Crippen LogP contribution in [0.4, 0.5) is 0 Å². The van der Waals surface area contributed by atoms with Gasteiger partial charge in [-0.2, -0.15) is 0 Å². The number of hydrogen-bond acceptors (Lipinski definition) is 4. The number of carbonyl (C=O) groups is 1. The molecule has 5 nitrogen and oxygen atoms in total. The highest BCUT2D eigenvalue weighted by Gasteiger charge is 2.19. The summed E-state index contributed by atoms with van der Waals surface area (Å²) in [7, 11) is 0. The van der Waals surface area contributed by atoms with Crippen LogP contribution in [0, 0.1) is 0 Å². The van der Waals surface area contributed by atoms with Gasteiger partial charge in [-0.15, -0.1) is 6.58 Å². The zero-order valence-corrected chi connectivity index (χ0v) is 9.47. The first-order valence-corrected chi connectivity index (χ1v) is 5.29. The van der Waals surface area contributed by atoms with Gasteiger partial charge >= 0.3 is 5.63 Å². The number of rotatable bonds is 3. The summed E-state index contributed by atoms with van der Waals surface area (Å²) >= 11 is 0. The Morgan fingerprint density at radius 1 is 1.44 bits per heavy atom. The Labute approximate surface area is 102 Å². The van der Waals surface area contributed by atoms with Crippen LogP contribution < -0.4 is 10.9 Å². The van der Waals surface area contributed by atoms with Gasteiger partial charge in [-0.3, -0.25) is 4.79 Å². The highest BCUT2D eigenvalue weighted by atomic mass is 16.4. The van der Waals surface area contributed by atoms with E-state index in [1.165, 1.54) is 6.08 Å². The van der Waals surface area contributed by atoms with Crippen molar-refractivity contribution in [1.29, 1.82) is 0 Å². The van der Waals surface area contributed by atoms with Gasteiger partial charge < -0.3 is 14.8 Å². The van der Waals surface area contributed by atoms with Gasteiger partial charge in [-0.05, 0) is 12.1 Å². The minimum absolute atomic E-state index is 0.199. The fourth-order valence-corrected chi connectivity index (χ4v) is 1.59. The molecule has 0 fully saturated rings. The lowest BCUT2D eigenvalue weighted by Crippen LogP contribution is -2.28. The van der Waals surface area contributed by atoms with Gasteiger partial charge in [0.25, 0.3) is 5.91 Å². The molecular formula is C13H11NO4. The number of amides is 1. The second-order valence-electron chi connectivity index (χ2n) is 3.61. The lowest BCUT2D eigenvalue weighted by molar-refractivity contribution is 0.0951. The smallest absolute Gasteiger partial charge is 0.353 e. The van der Waals surface area contributed by atoms with Crippen molar-refractivity contribution in [2.75, 3.05) is 6.54 Å². The van der Waals surface area contributed by atoms with E-state index in [9.17, 15) is 14.7 Å². The summed E-state index contributed by atoms with van der Waals surface area (Å²) in [5.74, 6) is -1.06. The van der Waals surface area contributed by atoms with Crippen LogP contribution in [-0.4, -0.2) is 17.6 Å². The molecule has 0 unspecified atom stereocenters. The largest absolute Gasteiger partial charge is 0.506 e. The predicted octanol–water partition coefficient (Wildman–Crippen LogP) is 1.41. The molecule has 0 bridgehead atoms. The fourth-order valence-electron chi connectivity index (χ4n) is 1.59. The van der Waals surface area contributed by atoms with Crippen molar-refractivity contribution in [1.82, 2.24) is 5.32 Å². The van der Waals surface area contributed by atoms with Crippen LogP contribution in [0.3, 0.4) is 0 Å². The van der Waals surface area contributed by atoms with Crippen molar-refractivity contribution < 1.29 is 14.3 Å². The molecule has 1 amide bonds. The monoisotopic (exact) mass is 245 g/mol. The quantitative estimate of drug-likeness (QED) is 0.633. The van der Waals surface area contributed by atoms with E-state index in [1.54, 1.807) is 24.3 Å². The first-order valence-electron chi connectivity index (χ1n) is 5.29.